The standard InChI is InChI=1S/C20H10ClFN8/c1-24-7-6-13-8-15(21)18(16(22)9-13)30-19-17(28-29-30)11-25-20(27-19)26-14-4-2-12(10-23)3-5-14/h2-9,11H,(H,25,26,27). The van der Waals surface area contributed by atoms with Crippen molar-refractivity contribution in [2.45, 2.75) is 0 Å². The summed E-state index contributed by atoms with van der Waals surface area (Å²) in [5.74, 6) is -0.400. The number of hydrogen-bond acceptors (Lipinski definition) is 6. The molecule has 0 aliphatic rings. The summed E-state index contributed by atoms with van der Waals surface area (Å²) in [6.07, 6.45) is 4.12. The molecule has 0 saturated carbocycles. The van der Waals surface area contributed by atoms with Crippen LogP contribution in [0, 0.1) is 23.7 Å². The van der Waals surface area contributed by atoms with E-state index in [2.05, 4.69) is 30.4 Å². The Kier molecular flexibility index (Phi) is 5.04. The number of nitrogens with one attached hydrogen (secondary N) is 1. The minimum absolute atomic E-state index is 0.0119. The van der Waals surface area contributed by atoms with Gasteiger partial charge in [-0.25, -0.2) is 14.2 Å². The zero-order valence-electron chi connectivity index (χ0n) is 15.1. The maximum atomic E-state index is 14.8. The second-order valence-electron chi connectivity index (χ2n) is 6.00. The number of halogens is 2. The van der Waals surface area contributed by atoms with E-state index in [9.17, 15) is 4.39 Å². The van der Waals surface area contributed by atoms with Gasteiger partial charge in [0.25, 0.3) is 0 Å². The van der Waals surface area contributed by atoms with Crippen LogP contribution >= 0.6 is 11.6 Å². The third-order valence-corrected chi connectivity index (χ3v) is 4.34. The number of nitriles is 1. The van der Waals surface area contributed by atoms with Gasteiger partial charge < -0.3 is 5.32 Å². The molecule has 0 radical (unpaired) electrons. The molecule has 0 atom stereocenters. The van der Waals surface area contributed by atoms with Gasteiger partial charge in [-0.1, -0.05) is 22.9 Å². The zero-order valence-corrected chi connectivity index (χ0v) is 15.8. The molecule has 0 spiro atoms. The first-order valence-electron chi connectivity index (χ1n) is 8.47. The van der Waals surface area contributed by atoms with Crippen LogP contribution in [0.25, 0.3) is 27.8 Å². The Hall–Kier alpha value is -4.34. The van der Waals surface area contributed by atoms with E-state index in [0.29, 0.717) is 22.3 Å². The van der Waals surface area contributed by atoms with Crippen molar-refractivity contribution in [3.63, 3.8) is 0 Å². The average molecular weight is 417 g/mol. The van der Waals surface area contributed by atoms with Gasteiger partial charge in [-0.2, -0.15) is 14.9 Å². The second-order valence-corrected chi connectivity index (χ2v) is 6.40. The molecule has 4 rings (SSSR count). The predicted molar refractivity (Wildman–Crippen MR) is 109 cm³/mol. The lowest BCUT2D eigenvalue weighted by Gasteiger charge is -2.08. The Bertz CT molecular complexity index is 1340. The first kappa shape index (κ1) is 19.0. The SMILES string of the molecule is [C-]#[N+]C=Cc1cc(F)c(-n2nnc3cnc(Nc4ccc(C#N)cc4)nc32)c(Cl)c1. The second kappa shape index (κ2) is 7.95. The molecule has 2 heterocycles. The number of anilines is 2. The number of aromatic nitrogens is 5. The van der Waals surface area contributed by atoms with Gasteiger partial charge in [0.2, 0.25) is 5.95 Å². The third-order valence-electron chi connectivity index (χ3n) is 4.06. The van der Waals surface area contributed by atoms with Gasteiger partial charge in [-0.3, -0.25) is 0 Å². The van der Waals surface area contributed by atoms with E-state index in [-0.39, 0.29) is 22.3 Å². The molecule has 0 amide bonds. The Labute approximate surface area is 174 Å². The van der Waals surface area contributed by atoms with E-state index < -0.39 is 5.82 Å². The van der Waals surface area contributed by atoms with Crippen molar-refractivity contribution in [3.8, 4) is 11.8 Å². The topological polar surface area (TPSA) is 96.7 Å². The summed E-state index contributed by atoms with van der Waals surface area (Å²) in [6.45, 7) is 6.78. The van der Waals surface area contributed by atoms with Crippen molar-refractivity contribution in [1.29, 1.82) is 5.26 Å². The van der Waals surface area contributed by atoms with Gasteiger partial charge in [-0.05, 0) is 42.0 Å². The quantitative estimate of drug-likeness (QED) is 0.492. The number of benzene rings is 2. The molecule has 2 aromatic carbocycles. The van der Waals surface area contributed by atoms with Gasteiger partial charge >= 0.3 is 0 Å². The number of rotatable bonds is 4. The largest absolute Gasteiger partial charge is 0.324 e. The minimum Gasteiger partial charge on any atom is -0.324 e. The van der Waals surface area contributed by atoms with Gasteiger partial charge in [0.05, 0.1) is 29.4 Å². The Morgan fingerprint density at radius 2 is 2.07 bits per heavy atom. The van der Waals surface area contributed by atoms with Crippen LogP contribution in [0.4, 0.5) is 16.0 Å². The molecular weight excluding hydrogens is 407 g/mol. The fourth-order valence-electron chi connectivity index (χ4n) is 2.70. The summed E-state index contributed by atoms with van der Waals surface area (Å²) in [6, 6.07) is 11.6. The molecule has 0 fully saturated rings. The smallest absolute Gasteiger partial charge is 0.229 e. The Morgan fingerprint density at radius 1 is 1.27 bits per heavy atom. The molecule has 10 heteroatoms. The molecule has 0 unspecified atom stereocenters. The number of fused-ring (bicyclic) bond motifs is 1. The van der Waals surface area contributed by atoms with Gasteiger partial charge in [0.15, 0.2) is 23.2 Å². The molecule has 1 N–H and O–H groups in total. The highest BCUT2D eigenvalue weighted by atomic mass is 35.5. The summed E-state index contributed by atoms with van der Waals surface area (Å²) >= 11 is 6.28. The van der Waals surface area contributed by atoms with Gasteiger partial charge in [-0.15, -0.1) is 5.10 Å². The molecule has 8 nitrogen and oxygen atoms in total. The summed E-state index contributed by atoms with van der Waals surface area (Å²) in [5, 5.41) is 19.9. The highest BCUT2D eigenvalue weighted by Gasteiger charge is 2.17. The minimum atomic E-state index is -0.640. The molecule has 144 valence electrons. The van der Waals surface area contributed by atoms with E-state index in [4.69, 9.17) is 23.4 Å². The van der Waals surface area contributed by atoms with Crippen LogP contribution in [0.1, 0.15) is 11.1 Å². The highest BCUT2D eigenvalue weighted by Crippen LogP contribution is 2.28. The zero-order chi connectivity index (χ0) is 21.1. The molecule has 0 aliphatic heterocycles. The van der Waals surface area contributed by atoms with E-state index in [1.165, 1.54) is 35.3 Å². The molecule has 0 aliphatic carbocycles. The van der Waals surface area contributed by atoms with Crippen LogP contribution in [-0.4, -0.2) is 25.0 Å². The van der Waals surface area contributed by atoms with Gasteiger partial charge in [0, 0.05) is 5.69 Å². The lowest BCUT2D eigenvalue weighted by atomic mass is 10.2. The predicted octanol–water partition coefficient (Wildman–Crippen LogP) is 4.51. The molecular formula is C20H10ClFN8. The van der Waals surface area contributed by atoms with Gasteiger partial charge in [0.1, 0.15) is 5.69 Å². The first-order valence-corrected chi connectivity index (χ1v) is 8.85. The summed E-state index contributed by atoms with van der Waals surface area (Å²) < 4.78 is 16.0. The van der Waals surface area contributed by atoms with E-state index in [0.717, 1.165) is 0 Å². The van der Waals surface area contributed by atoms with Crippen molar-refractivity contribution in [2.75, 3.05) is 5.32 Å². The first-order chi connectivity index (χ1) is 14.6. The molecule has 30 heavy (non-hydrogen) atoms. The van der Waals surface area contributed by atoms with Crippen LogP contribution in [-0.2, 0) is 0 Å². The third kappa shape index (κ3) is 3.65. The van der Waals surface area contributed by atoms with Crippen molar-refractivity contribution >= 4 is 40.5 Å². The lowest BCUT2D eigenvalue weighted by Crippen LogP contribution is -2.04. The average Bonchev–Trinajstić information content (AvgIpc) is 3.15. The number of hydrogen-bond donors (Lipinski definition) is 1. The summed E-state index contributed by atoms with van der Waals surface area (Å²) in [7, 11) is 0. The Morgan fingerprint density at radius 3 is 2.77 bits per heavy atom. The monoisotopic (exact) mass is 416 g/mol. The maximum absolute atomic E-state index is 14.8. The summed E-state index contributed by atoms with van der Waals surface area (Å²) in [5.41, 5.74) is 2.24. The van der Waals surface area contributed by atoms with E-state index in [1.54, 1.807) is 24.3 Å². The molecule has 0 saturated heterocycles. The fraction of sp³-hybridized carbons (Fsp3) is 0. The maximum Gasteiger partial charge on any atom is 0.229 e. The van der Waals surface area contributed by atoms with Crippen molar-refractivity contribution < 1.29 is 4.39 Å². The highest BCUT2D eigenvalue weighted by molar-refractivity contribution is 6.32. The Balaban J connectivity index is 1.74. The number of nitrogens with zero attached hydrogens (tertiary/aromatic N) is 7. The lowest BCUT2D eigenvalue weighted by molar-refractivity contribution is 0.609. The van der Waals surface area contributed by atoms with Crippen LogP contribution in [0.5, 0.6) is 0 Å². The van der Waals surface area contributed by atoms with Crippen molar-refractivity contribution in [1.82, 2.24) is 25.0 Å². The van der Waals surface area contributed by atoms with Crippen molar-refractivity contribution in [2.24, 2.45) is 0 Å². The van der Waals surface area contributed by atoms with Crippen LogP contribution in [0.2, 0.25) is 5.02 Å². The molecule has 0 bridgehead atoms. The summed E-state index contributed by atoms with van der Waals surface area (Å²) in [4.78, 5) is 11.6. The fourth-order valence-corrected chi connectivity index (χ4v) is 3.00. The van der Waals surface area contributed by atoms with Crippen molar-refractivity contribution in [3.05, 3.63) is 82.2 Å². The van der Waals surface area contributed by atoms with E-state index >= 15 is 0 Å². The molecule has 2 aromatic heterocycles. The van der Waals surface area contributed by atoms with Crippen LogP contribution in [0.3, 0.4) is 0 Å². The normalized spacial score (nSPS) is 10.8. The molecule has 4 aromatic rings. The van der Waals surface area contributed by atoms with E-state index in [1.807, 2.05) is 6.07 Å². The van der Waals surface area contributed by atoms with Crippen LogP contribution in [0.15, 0.2) is 48.8 Å². The van der Waals surface area contributed by atoms with Crippen LogP contribution < -0.4 is 5.32 Å².